The lowest BCUT2D eigenvalue weighted by atomic mass is 9.96. The summed E-state index contributed by atoms with van der Waals surface area (Å²) in [4.78, 5) is 2.50. The van der Waals surface area contributed by atoms with Gasteiger partial charge in [0, 0.05) is 24.2 Å². The summed E-state index contributed by atoms with van der Waals surface area (Å²) < 4.78 is 6.52. The van der Waals surface area contributed by atoms with Crippen molar-refractivity contribution in [2.75, 3.05) is 13.7 Å². The lowest BCUT2D eigenvalue weighted by molar-refractivity contribution is 0.122. The van der Waals surface area contributed by atoms with Crippen molar-refractivity contribution in [2.24, 2.45) is 5.73 Å². The zero-order valence-electron chi connectivity index (χ0n) is 12.1. The van der Waals surface area contributed by atoms with Crippen LogP contribution >= 0.6 is 28.3 Å². The van der Waals surface area contributed by atoms with Crippen LogP contribution in [0.25, 0.3) is 0 Å². The molecule has 1 aromatic carbocycles. The molecule has 1 aliphatic heterocycles. The van der Waals surface area contributed by atoms with Crippen molar-refractivity contribution in [3.63, 3.8) is 0 Å². The maximum Gasteiger partial charge on any atom is 0.137 e. The first kappa shape index (κ1) is 17.8. The average molecular weight is 364 g/mol. The Bertz CT molecular complexity index is 428. The van der Waals surface area contributed by atoms with E-state index in [4.69, 9.17) is 10.5 Å². The molecule has 0 spiro atoms. The van der Waals surface area contributed by atoms with E-state index in [9.17, 15) is 0 Å². The molecule has 0 radical (unpaired) electrons. The Morgan fingerprint density at radius 2 is 2.20 bits per heavy atom. The molecule has 1 aromatic rings. The Balaban J connectivity index is 0.00000200. The monoisotopic (exact) mass is 362 g/mol. The smallest absolute Gasteiger partial charge is 0.137 e. The van der Waals surface area contributed by atoms with Crippen LogP contribution in [-0.4, -0.2) is 30.6 Å². The van der Waals surface area contributed by atoms with E-state index in [1.165, 1.54) is 24.8 Å². The Hall–Kier alpha value is -0.290. The summed E-state index contributed by atoms with van der Waals surface area (Å²) >= 11 is 3.55. The highest BCUT2D eigenvalue weighted by Gasteiger charge is 2.26. The molecule has 2 rings (SSSR count). The van der Waals surface area contributed by atoms with Gasteiger partial charge in [-0.15, -0.1) is 12.4 Å². The van der Waals surface area contributed by atoms with Crippen LogP contribution in [0.5, 0.6) is 5.75 Å². The van der Waals surface area contributed by atoms with E-state index < -0.39 is 0 Å². The van der Waals surface area contributed by atoms with Crippen LogP contribution in [-0.2, 0) is 6.54 Å². The minimum Gasteiger partial charge on any atom is -0.495 e. The van der Waals surface area contributed by atoms with Crippen LogP contribution < -0.4 is 10.5 Å². The van der Waals surface area contributed by atoms with Gasteiger partial charge < -0.3 is 10.5 Å². The number of piperidine rings is 1. The second kappa shape index (κ2) is 8.23. The Labute approximate surface area is 136 Å². The Kier molecular flexibility index (Phi) is 7.30. The topological polar surface area (TPSA) is 38.5 Å². The molecule has 2 unspecified atom stereocenters. The van der Waals surface area contributed by atoms with Crippen LogP contribution in [0.1, 0.15) is 31.7 Å². The fraction of sp³-hybridized carbons (Fsp3) is 0.600. The van der Waals surface area contributed by atoms with Gasteiger partial charge in [0.05, 0.1) is 11.6 Å². The van der Waals surface area contributed by atoms with Gasteiger partial charge in [0.15, 0.2) is 0 Å². The molecule has 1 saturated heterocycles. The van der Waals surface area contributed by atoms with E-state index >= 15 is 0 Å². The first-order valence-corrected chi connectivity index (χ1v) is 7.73. The summed E-state index contributed by atoms with van der Waals surface area (Å²) in [6.07, 6.45) is 3.76. The lowest BCUT2D eigenvalue weighted by Crippen LogP contribution is -2.48. The summed E-state index contributed by atoms with van der Waals surface area (Å²) in [5, 5.41) is 0. The quantitative estimate of drug-likeness (QED) is 0.888. The molecule has 3 nitrogen and oxygen atoms in total. The molecule has 5 heteroatoms. The minimum atomic E-state index is 0. The number of ether oxygens (including phenoxy) is 1. The van der Waals surface area contributed by atoms with Gasteiger partial charge >= 0.3 is 0 Å². The van der Waals surface area contributed by atoms with Crippen LogP contribution in [0.4, 0.5) is 0 Å². The highest BCUT2D eigenvalue weighted by molar-refractivity contribution is 9.10. The summed E-state index contributed by atoms with van der Waals surface area (Å²) in [5.41, 5.74) is 7.36. The third kappa shape index (κ3) is 4.10. The van der Waals surface area contributed by atoms with E-state index in [-0.39, 0.29) is 18.4 Å². The van der Waals surface area contributed by atoms with Gasteiger partial charge in [-0.3, -0.25) is 4.90 Å². The van der Waals surface area contributed by atoms with Gasteiger partial charge in [-0.25, -0.2) is 0 Å². The second-order valence-electron chi connectivity index (χ2n) is 5.32. The third-order valence-corrected chi connectivity index (χ3v) is 4.52. The van der Waals surface area contributed by atoms with Crippen molar-refractivity contribution < 1.29 is 4.74 Å². The van der Waals surface area contributed by atoms with Gasteiger partial charge in [-0.05, 0) is 48.3 Å². The normalized spacial score (nSPS) is 21.1. The standard InChI is InChI=1S/C15H23BrN2O.ClH/c1-11(17)14-8-3-4-9-18(14)10-12-6-5-7-13(16)15(12)19-2;/h5-7,11,14H,3-4,8-10,17H2,1-2H3;1H. The van der Waals surface area contributed by atoms with E-state index in [0.717, 1.165) is 23.3 Å². The molecular formula is C15H24BrClN2O. The van der Waals surface area contributed by atoms with Crippen LogP contribution in [0, 0.1) is 0 Å². The lowest BCUT2D eigenvalue weighted by Gasteiger charge is -2.38. The van der Waals surface area contributed by atoms with Crippen LogP contribution in [0.2, 0.25) is 0 Å². The van der Waals surface area contributed by atoms with E-state index in [1.807, 2.05) is 6.07 Å². The summed E-state index contributed by atoms with van der Waals surface area (Å²) in [6, 6.07) is 6.92. The molecule has 0 aliphatic carbocycles. The van der Waals surface area contributed by atoms with Gasteiger partial charge in [0.25, 0.3) is 0 Å². The molecule has 1 aliphatic rings. The van der Waals surface area contributed by atoms with Gasteiger partial charge in [0.2, 0.25) is 0 Å². The number of nitrogens with two attached hydrogens (primary N) is 1. The largest absolute Gasteiger partial charge is 0.495 e. The molecule has 2 N–H and O–H groups in total. The fourth-order valence-electron chi connectivity index (χ4n) is 2.93. The second-order valence-corrected chi connectivity index (χ2v) is 6.18. The zero-order chi connectivity index (χ0) is 13.8. The maximum absolute atomic E-state index is 6.13. The number of hydrogen-bond donors (Lipinski definition) is 1. The van der Waals surface area contributed by atoms with Crippen molar-refractivity contribution >= 4 is 28.3 Å². The number of likely N-dealkylation sites (tertiary alicyclic amines) is 1. The number of methoxy groups -OCH3 is 1. The molecule has 114 valence electrons. The minimum absolute atomic E-state index is 0. The highest BCUT2D eigenvalue weighted by Crippen LogP contribution is 2.31. The maximum atomic E-state index is 6.13. The fourth-order valence-corrected chi connectivity index (χ4v) is 3.50. The first-order chi connectivity index (χ1) is 9.13. The predicted octanol–water partition coefficient (Wildman–Crippen LogP) is 3.58. The molecule has 1 fully saturated rings. The summed E-state index contributed by atoms with van der Waals surface area (Å²) in [7, 11) is 1.73. The summed E-state index contributed by atoms with van der Waals surface area (Å²) in [5.74, 6) is 0.941. The number of benzene rings is 1. The zero-order valence-corrected chi connectivity index (χ0v) is 14.5. The molecule has 0 saturated carbocycles. The SMILES string of the molecule is COc1c(Br)cccc1CN1CCCCC1C(C)N.Cl. The van der Waals surface area contributed by atoms with Crippen LogP contribution in [0.15, 0.2) is 22.7 Å². The number of halogens is 2. The van der Waals surface area contributed by atoms with Crippen molar-refractivity contribution in [1.82, 2.24) is 4.90 Å². The molecular weight excluding hydrogens is 340 g/mol. The predicted molar refractivity (Wildman–Crippen MR) is 89.6 cm³/mol. The van der Waals surface area contributed by atoms with Crippen molar-refractivity contribution in [1.29, 1.82) is 0 Å². The van der Waals surface area contributed by atoms with Crippen molar-refractivity contribution in [3.8, 4) is 5.75 Å². The third-order valence-electron chi connectivity index (χ3n) is 3.90. The van der Waals surface area contributed by atoms with Crippen molar-refractivity contribution in [3.05, 3.63) is 28.2 Å². The highest BCUT2D eigenvalue weighted by atomic mass is 79.9. The number of hydrogen-bond acceptors (Lipinski definition) is 3. The van der Waals surface area contributed by atoms with Gasteiger partial charge in [-0.2, -0.15) is 0 Å². The number of para-hydroxylation sites is 1. The number of nitrogens with zero attached hydrogens (tertiary/aromatic N) is 1. The Morgan fingerprint density at radius 3 is 2.85 bits per heavy atom. The number of rotatable bonds is 4. The molecule has 1 heterocycles. The summed E-state index contributed by atoms with van der Waals surface area (Å²) in [6.45, 7) is 4.15. The van der Waals surface area contributed by atoms with Gasteiger partial charge in [0.1, 0.15) is 5.75 Å². The molecule has 0 bridgehead atoms. The molecule has 20 heavy (non-hydrogen) atoms. The van der Waals surface area contributed by atoms with Crippen LogP contribution in [0.3, 0.4) is 0 Å². The van der Waals surface area contributed by atoms with Crippen molar-refractivity contribution in [2.45, 2.75) is 44.8 Å². The van der Waals surface area contributed by atoms with E-state index in [0.29, 0.717) is 6.04 Å². The molecule has 0 aromatic heterocycles. The Morgan fingerprint density at radius 1 is 1.45 bits per heavy atom. The van der Waals surface area contributed by atoms with E-state index in [1.54, 1.807) is 7.11 Å². The average Bonchev–Trinajstić information content (AvgIpc) is 2.39. The van der Waals surface area contributed by atoms with Gasteiger partial charge in [-0.1, -0.05) is 18.6 Å². The van der Waals surface area contributed by atoms with E-state index in [2.05, 4.69) is 39.9 Å². The molecule has 2 atom stereocenters. The molecule has 0 amide bonds. The first-order valence-electron chi connectivity index (χ1n) is 6.94.